The van der Waals surface area contributed by atoms with Gasteiger partial charge in [-0.15, -0.1) is 0 Å². The molecule has 3 N–H and O–H groups in total. The Morgan fingerprint density at radius 2 is 2.09 bits per heavy atom. The van der Waals surface area contributed by atoms with Gasteiger partial charge in [0.1, 0.15) is 0 Å². The van der Waals surface area contributed by atoms with Crippen LogP contribution in [0.4, 0.5) is 0 Å². The minimum atomic E-state index is -0.243. The molecule has 0 radical (unpaired) electrons. The van der Waals surface area contributed by atoms with E-state index in [1.165, 1.54) is 4.90 Å². The number of pyridine rings is 1. The molecule has 1 aliphatic carbocycles. The molecule has 3 rings (SSSR count). The molecule has 2 aromatic rings. The Labute approximate surface area is 135 Å². The number of hydrogen-bond acceptors (Lipinski definition) is 3. The Morgan fingerprint density at radius 3 is 2.70 bits per heavy atom. The third-order valence-corrected chi connectivity index (χ3v) is 4.26. The Bertz CT molecular complexity index is 725. The van der Waals surface area contributed by atoms with Gasteiger partial charge in [-0.1, -0.05) is 24.3 Å². The molecule has 5 heteroatoms. The van der Waals surface area contributed by atoms with Crippen LogP contribution in [-0.2, 0) is 4.79 Å². The molecule has 5 nitrogen and oxygen atoms in total. The van der Waals surface area contributed by atoms with Crippen LogP contribution in [0.2, 0.25) is 0 Å². The summed E-state index contributed by atoms with van der Waals surface area (Å²) in [5, 5.41) is 7.50. The normalized spacial score (nSPS) is 15.0. The molecule has 1 unspecified atom stereocenters. The van der Waals surface area contributed by atoms with Crippen LogP contribution in [0.25, 0.3) is 11.3 Å². The van der Waals surface area contributed by atoms with E-state index in [9.17, 15) is 4.79 Å². The fourth-order valence-electron chi connectivity index (χ4n) is 2.80. The van der Waals surface area contributed by atoms with Crippen LogP contribution >= 0.6 is 0 Å². The van der Waals surface area contributed by atoms with E-state index >= 15 is 0 Å². The van der Waals surface area contributed by atoms with Gasteiger partial charge in [0.15, 0.2) is 5.96 Å². The second-order valence-electron chi connectivity index (χ2n) is 5.94. The molecule has 0 saturated heterocycles. The zero-order valence-corrected chi connectivity index (χ0v) is 13.1. The van der Waals surface area contributed by atoms with Crippen LogP contribution in [0, 0.1) is 11.3 Å². The zero-order chi connectivity index (χ0) is 16.4. The molecular weight excluding hydrogens is 288 g/mol. The van der Waals surface area contributed by atoms with Gasteiger partial charge >= 0.3 is 0 Å². The molecule has 0 bridgehead atoms. The van der Waals surface area contributed by atoms with Crippen molar-refractivity contribution in [2.45, 2.75) is 18.8 Å². The molecule has 0 spiro atoms. The van der Waals surface area contributed by atoms with Crippen LogP contribution in [0.1, 0.15) is 24.3 Å². The summed E-state index contributed by atoms with van der Waals surface area (Å²) >= 11 is 0. The predicted octanol–water partition coefficient (Wildman–Crippen LogP) is 2.59. The number of likely N-dealkylation sites (N-methyl/N-ethyl adjacent to an activating group) is 1. The monoisotopic (exact) mass is 308 g/mol. The van der Waals surface area contributed by atoms with Gasteiger partial charge in [-0.3, -0.25) is 20.1 Å². The van der Waals surface area contributed by atoms with Crippen LogP contribution in [0.5, 0.6) is 0 Å². The van der Waals surface area contributed by atoms with Crippen molar-refractivity contribution in [1.29, 1.82) is 5.41 Å². The molecule has 1 aromatic heterocycles. The maximum absolute atomic E-state index is 12.7. The Kier molecular flexibility index (Phi) is 4.10. The first-order valence-corrected chi connectivity index (χ1v) is 7.71. The summed E-state index contributed by atoms with van der Waals surface area (Å²) in [4.78, 5) is 18.3. The summed E-state index contributed by atoms with van der Waals surface area (Å²) in [7, 11) is 1.56. The minimum absolute atomic E-state index is 0.113. The minimum Gasteiger partial charge on any atom is -0.370 e. The van der Waals surface area contributed by atoms with Crippen LogP contribution in [-0.4, -0.2) is 28.8 Å². The number of nitrogens with two attached hydrogens (primary N) is 1. The predicted molar refractivity (Wildman–Crippen MR) is 89.8 cm³/mol. The van der Waals surface area contributed by atoms with Crippen LogP contribution in [0.15, 0.2) is 48.7 Å². The Morgan fingerprint density at radius 1 is 1.30 bits per heavy atom. The average Bonchev–Trinajstić information content (AvgIpc) is 3.40. The Hall–Kier alpha value is -2.69. The third kappa shape index (κ3) is 3.23. The highest BCUT2D eigenvalue weighted by Crippen LogP contribution is 2.44. The van der Waals surface area contributed by atoms with Gasteiger partial charge in [0.25, 0.3) is 0 Å². The second kappa shape index (κ2) is 6.20. The summed E-state index contributed by atoms with van der Waals surface area (Å²) in [6.45, 7) is 0. The molecule has 23 heavy (non-hydrogen) atoms. The fourth-order valence-corrected chi connectivity index (χ4v) is 2.80. The quantitative estimate of drug-likeness (QED) is 0.672. The summed E-state index contributed by atoms with van der Waals surface area (Å²) in [6.07, 6.45) is 3.83. The van der Waals surface area contributed by atoms with Gasteiger partial charge < -0.3 is 5.73 Å². The molecule has 1 aromatic carbocycles. The maximum Gasteiger partial charge on any atom is 0.236 e. The van der Waals surface area contributed by atoms with Gasteiger partial charge in [0.2, 0.25) is 5.91 Å². The van der Waals surface area contributed by atoms with E-state index in [0.29, 0.717) is 5.92 Å². The van der Waals surface area contributed by atoms with Crippen molar-refractivity contribution in [3.05, 3.63) is 54.2 Å². The van der Waals surface area contributed by atoms with Crippen molar-refractivity contribution in [2.75, 3.05) is 7.05 Å². The molecular formula is C18H20N4O. The number of benzene rings is 1. The number of rotatable bonds is 4. The molecule has 1 fully saturated rings. The van der Waals surface area contributed by atoms with Gasteiger partial charge in [-0.2, -0.15) is 0 Å². The van der Waals surface area contributed by atoms with Crippen molar-refractivity contribution < 1.29 is 4.79 Å². The summed E-state index contributed by atoms with van der Waals surface area (Å²) < 4.78 is 0. The lowest BCUT2D eigenvalue weighted by atomic mass is 9.91. The number of nitrogens with zero attached hydrogens (tertiary/aromatic N) is 2. The number of guanidine groups is 1. The van der Waals surface area contributed by atoms with Crippen molar-refractivity contribution in [3.8, 4) is 11.3 Å². The summed E-state index contributed by atoms with van der Waals surface area (Å²) in [5.74, 6) is -0.240. The smallest absolute Gasteiger partial charge is 0.236 e. The lowest BCUT2D eigenvalue weighted by Crippen LogP contribution is -2.41. The van der Waals surface area contributed by atoms with E-state index in [-0.39, 0.29) is 17.8 Å². The topological polar surface area (TPSA) is 83.1 Å². The Balaban J connectivity index is 1.95. The van der Waals surface area contributed by atoms with Crippen molar-refractivity contribution in [3.63, 3.8) is 0 Å². The zero-order valence-electron chi connectivity index (χ0n) is 13.1. The first-order chi connectivity index (χ1) is 11.1. The van der Waals surface area contributed by atoms with E-state index in [2.05, 4.69) is 4.98 Å². The number of aromatic nitrogens is 1. The first kappa shape index (κ1) is 15.2. The highest BCUT2D eigenvalue weighted by Gasteiger charge is 2.39. The van der Waals surface area contributed by atoms with Crippen LogP contribution < -0.4 is 5.73 Å². The summed E-state index contributed by atoms with van der Waals surface area (Å²) in [5.41, 5.74) is 8.32. The fraction of sp³-hybridized carbons (Fsp3) is 0.278. The van der Waals surface area contributed by atoms with Gasteiger partial charge in [0.05, 0.1) is 11.6 Å². The van der Waals surface area contributed by atoms with E-state index in [1.54, 1.807) is 13.2 Å². The first-order valence-electron chi connectivity index (χ1n) is 7.71. The standard InChI is InChI=1S/C18H20N4O/c1-22(18(19)20)17(23)16(12-8-9-12)14-6-4-5-13(11-14)15-7-2-3-10-21-15/h2-7,10-12,16H,8-9H2,1H3,(H3,19,20). The largest absolute Gasteiger partial charge is 0.370 e. The number of carbonyl (C=O) groups is 1. The van der Waals surface area contributed by atoms with E-state index in [1.807, 2.05) is 42.5 Å². The number of hydrogen-bond donors (Lipinski definition) is 2. The SMILES string of the molecule is CN(C(=N)N)C(=O)C(c1cccc(-c2ccccn2)c1)C1CC1. The molecule has 1 saturated carbocycles. The lowest BCUT2D eigenvalue weighted by Gasteiger charge is -2.23. The highest BCUT2D eigenvalue weighted by atomic mass is 16.2. The highest BCUT2D eigenvalue weighted by molar-refractivity contribution is 5.98. The molecule has 1 heterocycles. The maximum atomic E-state index is 12.7. The van der Waals surface area contributed by atoms with E-state index in [4.69, 9.17) is 11.1 Å². The van der Waals surface area contributed by atoms with Crippen molar-refractivity contribution in [1.82, 2.24) is 9.88 Å². The van der Waals surface area contributed by atoms with Crippen molar-refractivity contribution in [2.24, 2.45) is 11.7 Å². The van der Waals surface area contributed by atoms with E-state index < -0.39 is 0 Å². The number of nitrogens with one attached hydrogen (secondary N) is 1. The van der Waals surface area contributed by atoms with E-state index in [0.717, 1.165) is 29.7 Å². The second-order valence-corrected chi connectivity index (χ2v) is 5.94. The molecule has 1 amide bonds. The van der Waals surface area contributed by atoms with Gasteiger partial charge in [-0.25, -0.2) is 0 Å². The molecule has 1 aliphatic rings. The number of carbonyl (C=O) groups excluding carboxylic acids is 1. The average molecular weight is 308 g/mol. The van der Waals surface area contributed by atoms with Gasteiger partial charge in [0, 0.05) is 18.8 Å². The van der Waals surface area contributed by atoms with Crippen molar-refractivity contribution >= 4 is 11.9 Å². The lowest BCUT2D eigenvalue weighted by molar-refractivity contribution is -0.128. The molecule has 118 valence electrons. The summed E-state index contributed by atoms with van der Waals surface area (Å²) in [6, 6.07) is 13.7. The number of amides is 1. The van der Waals surface area contributed by atoms with Gasteiger partial charge in [-0.05, 0) is 42.5 Å². The third-order valence-electron chi connectivity index (χ3n) is 4.26. The molecule has 0 aliphatic heterocycles. The van der Waals surface area contributed by atoms with Crippen LogP contribution in [0.3, 0.4) is 0 Å². The molecule has 1 atom stereocenters.